The molecule has 2 rings (SSSR count). The lowest BCUT2D eigenvalue weighted by Crippen LogP contribution is -2.32. The van der Waals surface area contributed by atoms with Crippen LogP contribution in [0.2, 0.25) is 5.02 Å². The molecule has 2 amide bonds. The number of aryl methyl sites for hydroxylation is 3. The molecule has 0 unspecified atom stereocenters. The Kier molecular flexibility index (Phi) is 6.37. The number of hydrogen-bond donors (Lipinski definition) is 2. The highest BCUT2D eigenvalue weighted by molar-refractivity contribution is 6.30. The van der Waals surface area contributed by atoms with Crippen LogP contribution in [-0.2, 0) is 9.59 Å². The van der Waals surface area contributed by atoms with Crippen LogP contribution in [0.1, 0.15) is 22.3 Å². The van der Waals surface area contributed by atoms with Crippen molar-refractivity contribution in [3.63, 3.8) is 0 Å². The molecule has 25 heavy (non-hydrogen) atoms. The third-order valence-corrected chi connectivity index (χ3v) is 3.91. The predicted molar refractivity (Wildman–Crippen MR) is 103 cm³/mol. The first-order valence-electron chi connectivity index (χ1n) is 7.94. The van der Waals surface area contributed by atoms with E-state index in [1.165, 1.54) is 6.08 Å². The van der Waals surface area contributed by atoms with E-state index in [1.54, 1.807) is 18.2 Å². The van der Waals surface area contributed by atoms with Crippen LogP contribution in [0.25, 0.3) is 6.08 Å². The molecule has 0 saturated carbocycles. The van der Waals surface area contributed by atoms with Gasteiger partial charge in [-0.05, 0) is 55.7 Å². The zero-order valence-electron chi connectivity index (χ0n) is 14.5. The number of carbonyl (C=O) groups excluding carboxylic acids is 2. The number of rotatable bonds is 5. The van der Waals surface area contributed by atoms with Crippen molar-refractivity contribution in [2.75, 3.05) is 11.9 Å². The second-order valence-electron chi connectivity index (χ2n) is 5.92. The zero-order chi connectivity index (χ0) is 18.4. The van der Waals surface area contributed by atoms with Crippen molar-refractivity contribution in [3.8, 4) is 0 Å². The molecule has 130 valence electrons. The van der Waals surface area contributed by atoms with E-state index >= 15 is 0 Å². The summed E-state index contributed by atoms with van der Waals surface area (Å²) in [5.41, 5.74) is 4.80. The molecule has 0 aliphatic carbocycles. The molecule has 0 aromatic heterocycles. The summed E-state index contributed by atoms with van der Waals surface area (Å²) in [6.45, 7) is 5.82. The van der Waals surface area contributed by atoms with Crippen molar-refractivity contribution >= 4 is 35.2 Å². The van der Waals surface area contributed by atoms with Crippen LogP contribution in [0.4, 0.5) is 5.69 Å². The summed E-state index contributed by atoms with van der Waals surface area (Å²) in [6, 6.07) is 11.1. The van der Waals surface area contributed by atoms with Gasteiger partial charge < -0.3 is 10.6 Å². The minimum Gasteiger partial charge on any atom is -0.343 e. The van der Waals surface area contributed by atoms with Crippen molar-refractivity contribution < 1.29 is 9.59 Å². The van der Waals surface area contributed by atoms with Crippen LogP contribution < -0.4 is 10.6 Å². The Bertz CT molecular complexity index is 788. The maximum atomic E-state index is 12.1. The van der Waals surface area contributed by atoms with E-state index in [2.05, 4.69) is 10.6 Å². The lowest BCUT2D eigenvalue weighted by Gasteiger charge is -2.13. The monoisotopic (exact) mass is 356 g/mol. The van der Waals surface area contributed by atoms with Gasteiger partial charge in [-0.25, -0.2) is 0 Å². The minimum absolute atomic E-state index is 0.0868. The van der Waals surface area contributed by atoms with Crippen molar-refractivity contribution in [3.05, 3.63) is 69.8 Å². The van der Waals surface area contributed by atoms with Crippen LogP contribution >= 0.6 is 11.6 Å². The molecule has 0 spiro atoms. The molecule has 0 radical (unpaired) electrons. The van der Waals surface area contributed by atoms with Crippen LogP contribution in [0.15, 0.2) is 42.5 Å². The largest absolute Gasteiger partial charge is 0.343 e. The van der Waals surface area contributed by atoms with Gasteiger partial charge in [-0.2, -0.15) is 0 Å². The van der Waals surface area contributed by atoms with E-state index in [1.807, 2.05) is 45.0 Å². The number of nitrogens with one attached hydrogen (secondary N) is 2. The van der Waals surface area contributed by atoms with Gasteiger partial charge in [0.2, 0.25) is 11.8 Å². The Balaban J connectivity index is 1.87. The van der Waals surface area contributed by atoms with E-state index in [0.29, 0.717) is 5.02 Å². The summed E-state index contributed by atoms with van der Waals surface area (Å²) in [4.78, 5) is 23.9. The van der Waals surface area contributed by atoms with Gasteiger partial charge in [0.25, 0.3) is 0 Å². The maximum Gasteiger partial charge on any atom is 0.244 e. The molecule has 5 heteroatoms. The SMILES string of the molecule is Cc1cc(C)c(NC(=O)CNC(=O)C=Cc2ccc(Cl)cc2)c(C)c1. The van der Waals surface area contributed by atoms with Crippen LogP contribution in [0.5, 0.6) is 0 Å². The Morgan fingerprint density at radius 3 is 2.24 bits per heavy atom. The molecule has 0 aliphatic rings. The Hall–Kier alpha value is -2.59. The van der Waals surface area contributed by atoms with E-state index in [-0.39, 0.29) is 18.4 Å². The van der Waals surface area contributed by atoms with Crippen molar-refractivity contribution in [1.29, 1.82) is 0 Å². The van der Waals surface area contributed by atoms with Crippen molar-refractivity contribution in [2.24, 2.45) is 0 Å². The standard InChI is InChI=1S/C20H21ClN2O2/c1-13-10-14(2)20(15(3)11-13)23-19(25)12-22-18(24)9-6-16-4-7-17(21)8-5-16/h4-11H,12H2,1-3H3,(H,22,24)(H,23,25). The Morgan fingerprint density at radius 2 is 1.64 bits per heavy atom. The summed E-state index contributed by atoms with van der Waals surface area (Å²) < 4.78 is 0. The molecule has 0 bridgehead atoms. The quantitative estimate of drug-likeness (QED) is 0.794. The van der Waals surface area contributed by atoms with Crippen molar-refractivity contribution in [2.45, 2.75) is 20.8 Å². The highest BCUT2D eigenvalue weighted by atomic mass is 35.5. The molecule has 0 saturated heterocycles. The van der Waals surface area contributed by atoms with Gasteiger partial charge >= 0.3 is 0 Å². The molecule has 0 heterocycles. The minimum atomic E-state index is -0.331. The number of amides is 2. The lowest BCUT2D eigenvalue weighted by atomic mass is 10.1. The molecule has 0 atom stereocenters. The molecular weight excluding hydrogens is 336 g/mol. The van der Waals surface area contributed by atoms with Gasteiger partial charge in [0.15, 0.2) is 0 Å². The Morgan fingerprint density at radius 1 is 1.04 bits per heavy atom. The zero-order valence-corrected chi connectivity index (χ0v) is 15.3. The summed E-state index contributed by atoms with van der Waals surface area (Å²) in [6.07, 6.45) is 3.05. The first kappa shape index (κ1) is 18.7. The van der Waals surface area contributed by atoms with Crippen molar-refractivity contribution in [1.82, 2.24) is 5.32 Å². The maximum absolute atomic E-state index is 12.1. The summed E-state index contributed by atoms with van der Waals surface area (Å²) >= 11 is 5.81. The van der Waals surface area contributed by atoms with Crippen LogP contribution in [-0.4, -0.2) is 18.4 Å². The van der Waals surface area contributed by atoms with Gasteiger partial charge in [0.05, 0.1) is 6.54 Å². The second kappa shape index (κ2) is 8.49. The topological polar surface area (TPSA) is 58.2 Å². The molecule has 2 aromatic rings. The van der Waals surface area contributed by atoms with Gasteiger partial charge in [-0.1, -0.05) is 41.4 Å². The molecule has 2 N–H and O–H groups in total. The number of halogens is 1. The van der Waals surface area contributed by atoms with E-state index in [0.717, 1.165) is 27.9 Å². The summed E-state index contributed by atoms with van der Waals surface area (Å²) in [5.74, 6) is -0.592. The summed E-state index contributed by atoms with van der Waals surface area (Å²) in [7, 11) is 0. The third-order valence-electron chi connectivity index (χ3n) is 3.66. The van der Waals surface area contributed by atoms with Gasteiger partial charge in [-0.15, -0.1) is 0 Å². The van der Waals surface area contributed by atoms with E-state index in [9.17, 15) is 9.59 Å². The number of anilines is 1. The number of hydrogen-bond acceptors (Lipinski definition) is 2. The third kappa shape index (κ3) is 5.76. The van der Waals surface area contributed by atoms with E-state index in [4.69, 9.17) is 11.6 Å². The average Bonchev–Trinajstić information content (AvgIpc) is 2.55. The predicted octanol–water partition coefficient (Wildman–Crippen LogP) is 4.03. The summed E-state index contributed by atoms with van der Waals surface area (Å²) in [5, 5.41) is 6.06. The highest BCUT2D eigenvalue weighted by Gasteiger charge is 2.09. The highest BCUT2D eigenvalue weighted by Crippen LogP contribution is 2.21. The fourth-order valence-corrected chi connectivity index (χ4v) is 2.66. The number of benzene rings is 2. The average molecular weight is 357 g/mol. The molecule has 4 nitrogen and oxygen atoms in total. The lowest BCUT2D eigenvalue weighted by molar-refractivity contribution is -0.121. The first-order chi connectivity index (χ1) is 11.8. The van der Waals surface area contributed by atoms with Gasteiger partial charge in [-0.3, -0.25) is 9.59 Å². The fourth-order valence-electron chi connectivity index (χ4n) is 2.53. The molecule has 0 aliphatic heterocycles. The number of carbonyl (C=O) groups is 2. The Labute approximate surface area is 152 Å². The first-order valence-corrected chi connectivity index (χ1v) is 8.32. The van der Waals surface area contributed by atoms with Gasteiger partial charge in [0.1, 0.15) is 0 Å². The second-order valence-corrected chi connectivity index (χ2v) is 6.36. The van der Waals surface area contributed by atoms with Crippen LogP contribution in [0.3, 0.4) is 0 Å². The fraction of sp³-hybridized carbons (Fsp3) is 0.200. The van der Waals surface area contributed by atoms with Crippen LogP contribution in [0, 0.1) is 20.8 Å². The molecule has 2 aromatic carbocycles. The molecular formula is C20H21ClN2O2. The van der Waals surface area contributed by atoms with E-state index < -0.39 is 0 Å². The molecule has 0 fully saturated rings. The smallest absolute Gasteiger partial charge is 0.244 e. The normalized spacial score (nSPS) is 10.7. The van der Waals surface area contributed by atoms with Gasteiger partial charge in [0, 0.05) is 16.8 Å².